The van der Waals surface area contributed by atoms with Gasteiger partial charge in [-0.2, -0.15) is 0 Å². The van der Waals surface area contributed by atoms with Gasteiger partial charge in [0.1, 0.15) is 0 Å². The van der Waals surface area contributed by atoms with Crippen molar-refractivity contribution in [2.24, 2.45) is 0 Å². The number of rotatable bonds is 5. The second-order valence-electron chi connectivity index (χ2n) is 4.25. The molecule has 2 aromatic carbocycles. The van der Waals surface area contributed by atoms with Gasteiger partial charge in [0, 0.05) is 5.69 Å². The summed E-state index contributed by atoms with van der Waals surface area (Å²) in [6.45, 7) is -0.117. The highest BCUT2D eigenvalue weighted by Gasteiger charge is 2.16. The number of nitrogens with two attached hydrogens (primary N) is 1. The molecule has 4 heteroatoms. The molecule has 0 spiro atoms. The smallest absolute Gasteiger partial charge is 0.317 e. The van der Waals surface area contributed by atoms with E-state index >= 15 is 0 Å². The molecule has 0 aliphatic rings. The molecular formula is C15H16N2O2. The molecule has 0 bridgehead atoms. The number of carboxylic acids is 1. The summed E-state index contributed by atoms with van der Waals surface area (Å²) < 4.78 is 0. The molecule has 0 aliphatic carbocycles. The van der Waals surface area contributed by atoms with Crippen molar-refractivity contribution >= 4 is 11.7 Å². The maximum absolute atomic E-state index is 10.8. The highest BCUT2D eigenvalue weighted by atomic mass is 16.4. The molecule has 0 fully saturated rings. The Hall–Kier alpha value is -2.33. The fourth-order valence-electron chi connectivity index (χ4n) is 2.02. The Morgan fingerprint density at radius 3 is 2.37 bits per heavy atom. The van der Waals surface area contributed by atoms with Gasteiger partial charge in [-0.1, -0.05) is 48.5 Å². The Morgan fingerprint density at radius 2 is 1.74 bits per heavy atom. The first kappa shape index (κ1) is 13.1. The molecule has 0 saturated carbocycles. The first-order valence-electron chi connectivity index (χ1n) is 6.03. The van der Waals surface area contributed by atoms with Gasteiger partial charge in [0.2, 0.25) is 0 Å². The van der Waals surface area contributed by atoms with Crippen LogP contribution in [0.25, 0.3) is 0 Å². The Morgan fingerprint density at radius 1 is 1.11 bits per heavy atom. The summed E-state index contributed by atoms with van der Waals surface area (Å²) >= 11 is 0. The van der Waals surface area contributed by atoms with E-state index < -0.39 is 5.97 Å². The standard InChI is InChI=1S/C15H16N2O2/c16-13-9-5-4-8-12(13)15(17-10-14(18)19)11-6-2-1-3-7-11/h1-9,15,17H,10,16H2,(H,18,19). The van der Waals surface area contributed by atoms with Crippen LogP contribution in [0.15, 0.2) is 54.6 Å². The van der Waals surface area contributed by atoms with Crippen LogP contribution in [0.5, 0.6) is 0 Å². The van der Waals surface area contributed by atoms with Gasteiger partial charge in [-0.15, -0.1) is 0 Å². The number of hydrogen-bond acceptors (Lipinski definition) is 3. The normalized spacial score (nSPS) is 12.0. The van der Waals surface area contributed by atoms with Crippen molar-refractivity contribution in [1.82, 2.24) is 5.32 Å². The molecule has 4 nitrogen and oxygen atoms in total. The number of para-hydroxylation sites is 1. The number of carbonyl (C=O) groups is 1. The average Bonchev–Trinajstić information content (AvgIpc) is 2.42. The van der Waals surface area contributed by atoms with Gasteiger partial charge in [-0.05, 0) is 17.2 Å². The third kappa shape index (κ3) is 3.33. The number of nitrogens with one attached hydrogen (secondary N) is 1. The molecule has 98 valence electrons. The number of aliphatic carboxylic acids is 1. The van der Waals surface area contributed by atoms with Crippen LogP contribution in [0.2, 0.25) is 0 Å². The second-order valence-corrected chi connectivity index (χ2v) is 4.25. The Balaban J connectivity index is 2.35. The molecule has 2 aromatic rings. The fourth-order valence-corrected chi connectivity index (χ4v) is 2.02. The van der Waals surface area contributed by atoms with E-state index in [1.807, 2.05) is 54.6 Å². The summed E-state index contributed by atoms with van der Waals surface area (Å²) in [6, 6.07) is 16.9. The molecule has 19 heavy (non-hydrogen) atoms. The number of anilines is 1. The second kappa shape index (κ2) is 6.02. The largest absolute Gasteiger partial charge is 0.480 e. The lowest BCUT2D eigenvalue weighted by Crippen LogP contribution is -2.28. The van der Waals surface area contributed by atoms with Crippen LogP contribution in [-0.4, -0.2) is 17.6 Å². The van der Waals surface area contributed by atoms with E-state index in [9.17, 15) is 4.79 Å². The molecule has 1 unspecified atom stereocenters. The molecule has 0 radical (unpaired) electrons. The zero-order valence-electron chi connectivity index (χ0n) is 10.4. The predicted octanol–water partition coefficient (Wildman–Crippen LogP) is 2.03. The average molecular weight is 256 g/mol. The first-order chi connectivity index (χ1) is 9.18. The van der Waals surface area contributed by atoms with Crippen LogP contribution >= 0.6 is 0 Å². The number of benzene rings is 2. The van der Waals surface area contributed by atoms with Gasteiger partial charge >= 0.3 is 5.97 Å². The van der Waals surface area contributed by atoms with Crippen molar-refractivity contribution < 1.29 is 9.90 Å². The summed E-state index contributed by atoms with van der Waals surface area (Å²) in [5.74, 6) is -0.893. The van der Waals surface area contributed by atoms with Crippen LogP contribution in [0.3, 0.4) is 0 Å². The quantitative estimate of drug-likeness (QED) is 0.715. The van der Waals surface area contributed by atoms with Gasteiger partial charge in [0.05, 0.1) is 12.6 Å². The number of carboxylic acid groups (broad SMARTS) is 1. The lowest BCUT2D eigenvalue weighted by Gasteiger charge is -2.20. The van der Waals surface area contributed by atoms with Gasteiger partial charge in [0.25, 0.3) is 0 Å². The van der Waals surface area contributed by atoms with Crippen molar-refractivity contribution in [2.45, 2.75) is 6.04 Å². The van der Waals surface area contributed by atoms with E-state index in [1.54, 1.807) is 0 Å². The Labute approximate surface area is 111 Å². The highest BCUT2D eigenvalue weighted by Crippen LogP contribution is 2.26. The van der Waals surface area contributed by atoms with E-state index in [-0.39, 0.29) is 12.6 Å². The van der Waals surface area contributed by atoms with Crippen LogP contribution in [0.1, 0.15) is 17.2 Å². The van der Waals surface area contributed by atoms with Gasteiger partial charge < -0.3 is 10.8 Å². The van der Waals surface area contributed by atoms with Gasteiger partial charge in [-0.3, -0.25) is 10.1 Å². The first-order valence-corrected chi connectivity index (χ1v) is 6.03. The van der Waals surface area contributed by atoms with E-state index in [2.05, 4.69) is 5.32 Å². The van der Waals surface area contributed by atoms with Crippen LogP contribution < -0.4 is 11.1 Å². The molecule has 1 atom stereocenters. The predicted molar refractivity (Wildman–Crippen MR) is 74.8 cm³/mol. The molecule has 0 heterocycles. The van der Waals surface area contributed by atoms with Crippen molar-refractivity contribution in [3.63, 3.8) is 0 Å². The monoisotopic (exact) mass is 256 g/mol. The van der Waals surface area contributed by atoms with Crippen LogP contribution in [0.4, 0.5) is 5.69 Å². The van der Waals surface area contributed by atoms with E-state index in [0.717, 1.165) is 11.1 Å². The lowest BCUT2D eigenvalue weighted by atomic mass is 9.97. The maximum atomic E-state index is 10.8. The van der Waals surface area contributed by atoms with Crippen LogP contribution in [-0.2, 0) is 4.79 Å². The minimum absolute atomic E-state index is 0.117. The highest BCUT2D eigenvalue weighted by molar-refractivity contribution is 5.69. The topological polar surface area (TPSA) is 75.3 Å². The zero-order chi connectivity index (χ0) is 13.7. The molecule has 0 aliphatic heterocycles. The Kier molecular flexibility index (Phi) is 4.15. The van der Waals surface area contributed by atoms with Gasteiger partial charge in [-0.25, -0.2) is 0 Å². The third-order valence-corrected chi connectivity index (χ3v) is 2.90. The van der Waals surface area contributed by atoms with Crippen molar-refractivity contribution in [3.05, 3.63) is 65.7 Å². The molecule has 2 rings (SSSR count). The fraction of sp³-hybridized carbons (Fsp3) is 0.133. The molecular weight excluding hydrogens is 240 g/mol. The van der Waals surface area contributed by atoms with Crippen molar-refractivity contribution in [2.75, 3.05) is 12.3 Å². The zero-order valence-corrected chi connectivity index (χ0v) is 10.4. The van der Waals surface area contributed by atoms with E-state index in [0.29, 0.717) is 5.69 Å². The minimum Gasteiger partial charge on any atom is -0.480 e. The summed E-state index contributed by atoms with van der Waals surface area (Å²) in [7, 11) is 0. The summed E-state index contributed by atoms with van der Waals surface area (Å²) in [4.78, 5) is 10.8. The lowest BCUT2D eigenvalue weighted by molar-refractivity contribution is -0.136. The van der Waals surface area contributed by atoms with Crippen molar-refractivity contribution in [1.29, 1.82) is 0 Å². The summed E-state index contributed by atoms with van der Waals surface area (Å²) in [5.41, 5.74) is 8.50. The SMILES string of the molecule is Nc1ccccc1C(NCC(=O)O)c1ccccc1. The number of nitrogen functional groups attached to an aromatic ring is 1. The van der Waals surface area contributed by atoms with Crippen LogP contribution in [0, 0.1) is 0 Å². The molecule has 4 N–H and O–H groups in total. The van der Waals surface area contributed by atoms with Gasteiger partial charge in [0.15, 0.2) is 0 Å². The molecule has 0 aromatic heterocycles. The summed E-state index contributed by atoms with van der Waals surface area (Å²) in [6.07, 6.45) is 0. The maximum Gasteiger partial charge on any atom is 0.317 e. The van der Waals surface area contributed by atoms with Crippen molar-refractivity contribution in [3.8, 4) is 0 Å². The minimum atomic E-state index is -0.893. The third-order valence-electron chi connectivity index (χ3n) is 2.90. The Bertz CT molecular complexity index is 555. The van der Waals surface area contributed by atoms with E-state index in [4.69, 9.17) is 10.8 Å². The summed E-state index contributed by atoms with van der Waals surface area (Å²) in [5, 5.41) is 11.8. The number of hydrogen-bond donors (Lipinski definition) is 3. The molecule has 0 saturated heterocycles. The van der Waals surface area contributed by atoms with E-state index in [1.165, 1.54) is 0 Å². The molecule has 0 amide bonds.